The second-order valence-corrected chi connectivity index (χ2v) is 7.18. The largest absolute Gasteiger partial charge is 0.352 e. The van der Waals surface area contributed by atoms with Crippen LogP contribution in [0.2, 0.25) is 0 Å². The first-order valence-electron chi connectivity index (χ1n) is 9.16. The molecule has 1 N–H and O–H groups in total. The molecule has 2 aromatic heterocycles. The number of Topliss-reactive ketones (excluding diaryl/α,β-unsaturated/α-hetero) is 1. The molecule has 0 unspecified atom stereocenters. The number of nitrogens with zero attached hydrogens (tertiary/aromatic N) is 3. The fourth-order valence-corrected chi connectivity index (χ4v) is 3.80. The third kappa shape index (κ3) is 3.69. The molecule has 26 heavy (non-hydrogen) atoms. The van der Waals surface area contributed by atoms with Gasteiger partial charge in [0, 0.05) is 30.6 Å². The minimum atomic E-state index is -0.111. The van der Waals surface area contributed by atoms with E-state index in [4.69, 9.17) is 0 Å². The summed E-state index contributed by atoms with van der Waals surface area (Å²) in [4.78, 5) is 28.6. The molecule has 2 heterocycles. The summed E-state index contributed by atoms with van der Waals surface area (Å²) in [5.41, 5.74) is 5.73. The standard InChI is InChI=1S/C20H26N4O2/c1-12(24-14(3)20(15(4)25)13(2)23-24)8-19(26)22-11-16-9-17-6-5-7-18(17)21-10-16/h9-10,12H,5-8,11H2,1-4H3,(H,22,26)/t12-/m0/s1. The molecule has 0 spiro atoms. The summed E-state index contributed by atoms with van der Waals surface area (Å²) >= 11 is 0. The highest BCUT2D eigenvalue weighted by Gasteiger charge is 2.20. The van der Waals surface area contributed by atoms with E-state index in [1.54, 1.807) is 11.6 Å². The summed E-state index contributed by atoms with van der Waals surface area (Å²) in [6.45, 7) is 7.68. The van der Waals surface area contributed by atoms with Crippen LogP contribution in [-0.2, 0) is 24.2 Å². The Kier molecular flexibility index (Phi) is 5.20. The van der Waals surface area contributed by atoms with Crippen molar-refractivity contribution in [1.29, 1.82) is 0 Å². The fraction of sp³-hybridized carbons (Fsp3) is 0.500. The highest BCUT2D eigenvalue weighted by molar-refractivity contribution is 5.96. The Balaban J connectivity index is 1.60. The highest BCUT2D eigenvalue weighted by atomic mass is 16.1. The molecule has 0 bridgehead atoms. The number of carbonyl (C=O) groups excluding carboxylic acids is 2. The van der Waals surface area contributed by atoms with Crippen LogP contribution in [0, 0.1) is 13.8 Å². The van der Waals surface area contributed by atoms with E-state index in [1.165, 1.54) is 17.7 Å². The predicted octanol–water partition coefficient (Wildman–Crippen LogP) is 2.85. The summed E-state index contributed by atoms with van der Waals surface area (Å²) in [6.07, 6.45) is 5.48. The number of hydrogen-bond donors (Lipinski definition) is 1. The summed E-state index contributed by atoms with van der Waals surface area (Å²) in [6, 6.07) is 2.04. The monoisotopic (exact) mass is 354 g/mol. The van der Waals surface area contributed by atoms with Gasteiger partial charge in [-0.2, -0.15) is 5.10 Å². The number of pyridine rings is 1. The van der Waals surface area contributed by atoms with Gasteiger partial charge in [-0.05, 0) is 58.1 Å². The smallest absolute Gasteiger partial charge is 0.222 e. The number of aryl methyl sites for hydroxylation is 3. The molecule has 2 aromatic rings. The van der Waals surface area contributed by atoms with Gasteiger partial charge in [0.25, 0.3) is 0 Å². The molecule has 0 saturated heterocycles. The Labute approximate surface area is 154 Å². The molecular weight excluding hydrogens is 328 g/mol. The number of amides is 1. The normalized spacial score (nSPS) is 14.2. The van der Waals surface area contributed by atoms with Gasteiger partial charge in [0.2, 0.25) is 5.91 Å². The van der Waals surface area contributed by atoms with Crippen LogP contribution in [0.15, 0.2) is 12.3 Å². The molecule has 0 fully saturated rings. The lowest BCUT2D eigenvalue weighted by atomic mass is 10.1. The average molecular weight is 354 g/mol. The van der Waals surface area contributed by atoms with Gasteiger partial charge < -0.3 is 5.32 Å². The number of ketones is 1. The maximum Gasteiger partial charge on any atom is 0.222 e. The van der Waals surface area contributed by atoms with Crippen LogP contribution >= 0.6 is 0 Å². The van der Waals surface area contributed by atoms with Crippen molar-refractivity contribution in [3.05, 3.63) is 46.0 Å². The minimum absolute atomic E-state index is 0.00649. The zero-order chi connectivity index (χ0) is 18.8. The number of rotatable bonds is 6. The van der Waals surface area contributed by atoms with Crippen molar-refractivity contribution >= 4 is 11.7 Å². The topological polar surface area (TPSA) is 76.9 Å². The Morgan fingerprint density at radius 2 is 2.08 bits per heavy atom. The van der Waals surface area contributed by atoms with Crippen LogP contribution in [0.5, 0.6) is 0 Å². The maximum atomic E-state index is 12.3. The SMILES string of the molecule is CC(=O)c1c(C)nn([C@@H](C)CC(=O)NCc2cnc3c(c2)CCC3)c1C. The quantitative estimate of drug-likeness (QED) is 0.809. The molecule has 1 atom stereocenters. The van der Waals surface area contributed by atoms with Gasteiger partial charge in [0.15, 0.2) is 5.78 Å². The van der Waals surface area contributed by atoms with Gasteiger partial charge in [0.05, 0.1) is 17.3 Å². The zero-order valence-electron chi connectivity index (χ0n) is 15.9. The van der Waals surface area contributed by atoms with E-state index in [9.17, 15) is 9.59 Å². The van der Waals surface area contributed by atoms with E-state index in [-0.39, 0.29) is 17.7 Å². The molecule has 0 aliphatic heterocycles. The van der Waals surface area contributed by atoms with Crippen LogP contribution in [0.1, 0.15) is 71.3 Å². The second kappa shape index (κ2) is 7.40. The van der Waals surface area contributed by atoms with E-state index >= 15 is 0 Å². The van der Waals surface area contributed by atoms with Gasteiger partial charge in [-0.15, -0.1) is 0 Å². The molecule has 0 aromatic carbocycles. The van der Waals surface area contributed by atoms with Crippen molar-refractivity contribution in [1.82, 2.24) is 20.1 Å². The first-order valence-corrected chi connectivity index (χ1v) is 9.16. The third-order valence-corrected chi connectivity index (χ3v) is 5.04. The Hall–Kier alpha value is -2.50. The minimum Gasteiger partial charge on any atom is -0.352 e. The summed E-state index contributed by atoms with van der Waals surface area (Å²) < 4.78 is 1.78. The number of fused-ring (bicyclic) bond motifs is 1. The van der Waals surface area contributed by atoms with Crippen LogP contribution in [0.25, 0.3) is 0 Å². The van der Waals surface area contributed by atoms with Crippen LogP contribution in [0.4, 0.5) is 0 Å². The number of hydrogen-bond acceptors (Lipinski definition) is 4. The van der Waals surface area contributed by atoms with E-state index < -0.39 is 0 Å². The average Bonchev–Trinajstić information content (AvgIpc) is 3.16. The van der Waals surface area contributed by atoms with Crippen LogP contribution in [-0.4, -0.2) is 26.5 Å². The van der Waals surface area contributed by atoms with E-state index in [0.29, 0.717) is 24.2 Å². The number of nitrogens with one attached hydrogen (secondary N) is 1. The number of aromatic nitrogens is 3. The molecule has 6 heteroatoms. The van der Waals surface area contributed by atoms with Crippen molar-refractivity contribution in [3.63, 3.8) is 0 Å². The van der Waals surface area contributed by atoms with Crippen molar-refractivity contribution in [2.75, 3.05) is 0 Å². The summed E-state index contributed by atoms with van der Waals surface area (Å²) in [5.74, 6) is -0.0260. The third-order valence-electron chi connectivity index (χ3n) is 5.04. The van der Waals surface area contributed by atoms with Crippen molar-refractivity contribution in [2.45, 2.75) is 66.0 Å². The fourth-order valence-electron chi connectivity index (χ4n) is 3.80. The molecular formula is C20H26N4O2. The first-order chi connectivity index (χ1) is 12.4. The van der Waals surface area contributed by atoms with Gasteiger partial charge in [-0.1, -0.05) is 6.07 Å². The van der Waals surface area contributed by atoms with E-state index in [1.807, 2.05) is 27.0 Å². The Morgan fingerprint density at radius 1 is 1.31 bits per heavy atom. The lowest BCUT2D eigenvalue weighted by Gasteiger charge is -2.14. The first kappa shape index (κ1) is 18.3. The van der Waals surface area contributed by atoms with Crippen molar-refractivity contribution in [3.8, 4) is 0 Å². The molecule has 1 amide bonds. The summed E-state index contributed by atoms with van der Waals surface area (Å²) in [5, 5.41) is 7.42. The lowest BCUT2D eigenvalue weighted by molar-refractivity contribution is -0.122. The Morgan fingerprint density at radius 3 is 2.77 bits per heavy atom. The number of carbonyl (C=O) groups is 2. The van der Waals surface area contributed by atoms with Crippen molar-refractivity contribution < 1.29 is 9.59 Å². The van der Waals surface area contributed by atoms with Gasteiger partial charge >= 0.3 is 0 Å². The van der Waals surface area contributed by atoms with Crippen LogP contribution in [0.3, 0.4) is 0 Å². The summed E-state index contributed by atoms with van der Waals surface area (Å²) in [7, 11) is 0. The molecule has 1 aliphatic rings. The Bertz CT molecular complexity index is 854. The van der Waals surface area contributed by atoms with Crippen LogP contribution < -0.4 is 5.32 Å². The molecule has 0 saturated carbocycles. The molecule has 3 rings (SSSR count). The maximum absolute atomic E-state index is 12.3. The molecule has 6 nitrogen and oxygen atoms in total. The molecule has 138 valence electrons. The van der Waals surface area contributed by atoms with Gasteiger partial charge in [0.1, 0.15) is 0 Å². The van der Waals surface area contributed by atoms with E-state index in [2.05, 4.69) is 21.5 Å². The molecule has 0 radical (unpaired) electrons. The van der Waals surface area contributed by atoms with Gasteiger partial charge in [-0.3, -0.25) is 19.3 Å². The molecule has 1 aliphatic carbocycles. The van der Waals surface area contributed by atoms with E-state index in [0.717, 1.165) is 24.1 Å². The highest BCUT2D eigenvalue weighted by Crippen LogP contribution is 2.21. The second-order valence-electron chi connectivity index (χ2n) is 7.18. The van der Waals surface area contributed by atoms with Crippen molar-refractivity contribution in [2.24, 2.45) is 0 Å². The predicted molar refractivity (Wildman–Crippen MR) is 99.1 cm³/mol. The lowest BCUT2D eigenvalue weighted by Crippen LogP contribution is -2.26. The van der Waals surface area contributed by atoms with Gasteiger partial charge in [-0.25, -0.2) is 0 Å². The zero-order valence-corrected chi connectivity index (χ0v) is 15.9.